The highest BCUT2D eigenvalue weighted by atomic mass is 31.1. The van der Waals surface area contributed by atoms with Gasteiger partial charge in [-0.25, -0.2) is 0 Å². The van der Waals surface area contributed by atoms with E-state index in [4.69, 9.17) is 0 Å². The zero-order chi connectivity index (χ0) is 7.82. The second kappa shape index (κ2) is 9.65. The summed E-state index contributed by atoms with van der Waals surface area (Å²) in [6.45, 7) is 11.1. The molecular weight excluding hydrogens is 151 g/mol. The maximum absolute atomic E-state index is 3.71. The summed E-state index contributed by atoms with van der Waals surface area (Å²) in [5.41, 5.74) is 0. The van der Waals surface area contributed by atoms with E-state index >= 15 is 0 Å². The minimum atomic E-state index is 0. The summed E-state index contributed by atoms with van der Waals surface area (Å²) < 4.78 is 0. The van der Waals surface area contributed by atoms with Crippen LogP contribution in [0.15, 0.2) is 38.0 Å². The Bertz CT molecular complexity index is 92.3. The molecule has 0 aliphatic heterocycles. The van der Waals surface area contributed by atoms with E-state index in [-0.39, 0.29) is 15.3 Å². The fourth-order valence-corrected chi connectivity index (χ4v) is 2.31. The summed E-state index contributed by atoms with van der Waals surface area (Å²) in [4.78, 5) is 0. The lowest BCUT2D eigenvalue weighted by Crippen LogP contribution is -1.87. The molecule has 0 nitrogen and oxygen atoms in total. The molecule has 0 unspecified atom stereocenters. The van der Waals surface area contributed by atoms with Crippen molar-refractivity contribution >= 4 is 7.92 Å². The minimum absolute atomic E-state index is 0. The van der Waals surface area contributed by atoms with Gasteiger partial charge in [-0.3, -0.25) is 0 Å². The van der Waals surface area contributed by atoms with Crippen molar-refractivity contribution in [1.29, 1.82) is 0 Å². The smallest absolute Gasteiger partial charge is 0.0142 e. The van der Waals surface area contributed by atoms with Crippen LogP contribution in [0.2, 0.25) is 0 Å². The Morgan fingerprint density at radius 1 is 0.818 bits per heavy atom. The van der Waals surface area contributed by atoms with E-state index < -0.39 is 0 Å². The van der Waals surface area contributed by atoms with Crippen molar-refractivity contribution in [1.82, 2.24) is 0 Å². The average molecular weight is 170 g/mol. The summed E-state index contributed by atoms with van der Waals surface area (Å²) >= 11 is 0. The van der Waals surface area contributed by atoms with Crippen molar-refractivity contribution in [2.75, 3.05) is 18.5 Å². The molecule has 0 aliphatic rings. The van der Waals surface area contributed by atoms with Crippen LogP contribution in [0.4, 0.5) is 0 Å². The van der Waals surface area contributed by atoms with Crippen LogP contribution in [-0.4, -0.2) is 18.5 Å². The van der Waals surface area contributed by atoms with E-state index in [0.29, 0.717) is 0 Å². The monoisotopic (exact) mass is 170 g/mol. The molecule has 0 heterocycles. The summed E-state index contributed by atoms with van der Waals surface area (Å²) in [6, 6.07) is 0. The third kappa shape index (κ3) is 7.55. The maximum Gasteiger partial charge on any atom is -0.0142 e. The van der Waals surface area contributed by atoms with Crippen molar-refractivity contribution < 1.29 is 0 Å². The van der Waals surface area contributed by atoms with Gasteiger partial charge in [0, 0.05) is 0 Å². The molecular formula is C10H19P. The first kappa shape index (κ1) is 13.3. The predicted octanol–water partition coefficient (Wildman–Crippen LogP) is 3.66. The van der Waals surface area contributed by atoms with E-state index in [1.165, 1.54) is 0 Å². The first-order chi connectivity index (χ1) is 4.85. The van der Waals surface area contributed by atoms with Crippen LogP contribution in [0.5, 0.6) is 0 Å². The summed E-state index contributed by atoms with van der Waals surface area (Å²) in [7, 11) is 0.0849. The summed E-state index contributed by atoms with van der Waals surface area (Å²) in [6.07, 6.45) is 9.35. The molecule has 0 radical (unpaired) electrons. The van der Waals surface area contributed by atoms with E-state index in [1.54, 1.807) is 0 Å². The maximum atomic E-state index is 3.71. The molecule has 1 heteroatoms. The van der Waals surface area contributed by atoms with Gasteiger partial charge < -0.3 is 0 Å². The highest BCUT2D eigenvalue weighted by Crippen LogP contribution is 2.34. The molecule has 0 atom stereocenters. The van der Waals surface area contributed by atoms with Gasteiger partial charge in [-0.2, -0.15) is 0 Å². The van der Waals surface area contributed by atoms with Crippen LogP contribution in [0, 0.1) is 0 Å². The molecule has 0 bridgehead atoms. The second-order valence-electron chi connectivity index (χ2n) is 2.08. The van der Waals surface area contributed by atoms with Crippen molar-refractivity contribution in [3.05, 3.63) is 38.0 Å². The molecule has 0 aromatic heterocycles. The van der Waals surface area contributed by atoms with Crippen LogP contribution in [0.3, 0.4) is 0 Å². The lowest BCUT2D eigenvalue weighted by Gasteiger charge is -2.09. The van der Waals surface area contributed by atoms with Gasteiger partial charge in [0.25, 0.3) is 0 Å². The van der Waals surface area contributed by atoms with Crippen LogP contribution in [0.25, 0.3) is 0 Å². The van der Waals surface area contributed by atoms with Crippen LogP contribution >= 0.6 is 7.92 Å². The summed E-state index contributed by atoms with van der Waals surface area (Å²) in [5, 5.41) is 0. The van der Waals surface area contributed by atoms with E-state index in [1.807, 2.05) is 18.2 Å². The first-order valence-electron chi connectivity index (χ1n) is 3.40. The van der Waals surface area contributed by atoms with Crippen molar-refractivity contribution in [3.63, 3.8) is 0 Å². The fourth-order valence-electron chi connectivity index (χ4n) is 0.771. The first-order valence-corrected chi connectivity index (χ1v) is 5.30. The molecule has 0 amide bonds. The SMILES string of the molecule is C.C=CCP(CC=C)CC=C. The largest absolute Gasteiger partial charge is 0.103 e. The Morgan fingerprint density at radius 3 is 1.27 bits per heavy atom. The molecule has 0 fully saturated rings. The molecule has 0 spiro atoms. The van der Waals surface area contributed by atoms with Gasteiger partial charge in [0.1, 0.15) is 0 Å². The Labute approximate surface area is 72.5 Å². The van der Waals surface area contributed by atoms with Crippen molar-refractivity contribution in [3.8, 4) is 0 Å². The van der Waals surface area contributed by atoms with Crippen LogP contribution < -0.4 is 0 Å². The van der Waals surface area contributed by atoms with E-state index in [0.717, 1.165) is 18.5 Å². The van der Waals surface area contributed by atoms with Gasteiger partial charge in [0.2, 0.25) is 0 Å². The number of rotatable bonds is 6. The Kier molecular flexibility index (Phi) is 11.6. The number of hydrogen-bond acceptors (Lipinski definition) is 0. The standard InChI is InChI=1S/C9H15P.CH4/c1-4-7-10(8-5-2)9-6-3;/h4-6H,1-3,7-9H2;1H4. The molecule has 64 valence electrons. The second-order valence-corrected chi connectivity index (χ2v) is 4.52. The molecule has 0 saturated carbocycles. The van der Waals surface area contributed by atoms with Crippen molar-refractivity contribution in [2.24, 2.45) is 0 Å². The predicted molar refractivity (Wildman–Crippen MR) is 58.8 cm³/mol. The Balaban J connectivity index is 0. The quantitative estimate of drug-likeness (QED) is 0.421. The Hall–Kier alpha value is -0.350. The molecule has 0 aromatic rings. The molecule has 0 rings (SSSR count). The highest BCUT2D eigenvalue weighted by molar-refractivity contribution is 7.58. The van der Waals surface area contributed by atoms with E-state index in [9.17, 15) is 0 Å². The molecule has 11 heavy (non-hydrogen) atoms. The van der Waals surface area contributed by atoms with Crippen LogP contribution in [0.1, 0.15) is 7.43 Å². The van der Waals surface area contributed by atoms with Gasteiger partial charge in [-0.15, -0.1) is 19.7 Å². The lowest BCUT2D eigenvalue weighted by molar-refractivity contribution is 1.59. The molecule has 0 N–H and O–H groups in total. The van der Waals surface area contributed by atoms with Crippen LogP contribution in [-0.2, 0) is 0 Å². The minimum Gasteiger partial charge on any atom is -0.103 e. The van der Waals surface area contributed by atoms with Gasteiger partial charge in [-0.1, -0.05) is 33.6 Å². The van der Waals surface area contributed by atoms with Gasteiger partial charge in [0.15, 0.2) is 0 Å². The van der Waals surface area contributed by atoms with Gasteiger partial charge >= 0.3 is 0 Å². The fraction of sp³-hybridized carbons (Fsp3) is 0.400. The van der Waals surface area contributed by atoms with Crippen molar-refractivity contribution in [2.45, 2.75) is 7.43 Å². The average Bonchev–Trinajstić information content (AvgIpc) is 1.90. The molecule has 0 aliphatic carbocycles. The zero-order valence-corrected chi connectivity index (χ0v) is 7.32. The van der Waals surface area contributed by atoms with E-state index in [2.05, 4.69) is 19.7 Å². The van der Waals surface area contributed by atoms with Gasteiger partial charge in [-0.05, 0) is 18.5 Å². The number of hydrogen-bond donors (Lipinski definition) is 0. The third-order valence-electron chi connectivity index (χ3n) is 1.16. The third-order valence-corrected chi connectivity index (χ3v) is 3.49. The topological polar surface area (TPSA) is 0 Å². The lowest BCUT2D eigenvalue weighted by atomic mass is 10.7. The Morgan fingerprint density at radius 2 is 1.09 bits per heavy atom. The highest BCUT2D eigenvalue weighted by Gasteiger charge is 1.98. The molecule has 0 aromatic carbocycles. The van der Waals surface area contributed by atoms with Gasteiger partial charge in [0.05, 0.1) is 0 Å². The summed E-state index contributed by atoms with van der Waals surface area (Å²) in [5.74, 6) is 0. The number of allylic oxidation sites excluding steroid dienone is 3. The zero-order valence-electron chi connectivity index (χ0n) is 6.42. The molecule has 0 saturated heterocycles. The normalized spacial score (nSPS) is 8.45.